The average molecular weight is 320 g/mol. The number of nitrogens with one attached hydrogen (secondary N) is 1. The maximum absolute atomic E-state index is 14.0. The van der Waals surface area contributed by atoms with Crippen LogP contribution in [0.15, 0.2) is 17.0 Å². The highest BCUT2D eigenvalue weighted by Gasteiger charge is 2.24. The quantitative estimate of drug-likeness (QED) is 0.783. The van der Waals surface area contributed by atoms with Crippen LogP contribution in [0.3, 0.4) is 0 Å². The van der Waals surface area contributed by atoms with E-state index in [2.05, 4.69) is 5.32 Å². The third-order valence-electron chi connectivity index (χ3n) is 2.83. The largest absolute Gasteiger partial charge is 0.352 e. The van der Waals surface area contributed by atoms with Crippen molar-refractivity contribution in [3.8, 4) is 0 Å². The molecule has 0 aliphatic carbocycles. The van der Waals surface area contributed by atoms with Gasteiger partial charge in [0.15, 0.2) is 5.82 Å². The molecule has 0 bridgehead atoms. The van der Waals surface area contributed by atoms with Gasteiger partial charge in [0.25, 0.3) is 5.91 Å². The molecule has 0 radical (unpaired) electrons. The second-order valence-electron chi connectivity index (χ2n) is 5.07. The molecular formula is C13H18F2N2O3S. The number of primary sulfonamides is 1. The number of hydrogen-bond donors (Lipinski definition) is 2. The summed E-state index contributed by atoms with van der Waals surface area (Å²) < 4.78 is 49.8. The van der Waals surface area contributed by atoms with Crippen molar-refractivity contribution in [3.05, 3.63) is 29.3 Å². The van der Waals surface area contributed by atoms with Crippen LogP contribution in [0.1, 0.15) is 37.0 Å². The van der Waals surface area contributed by atoms with Gasteiger partial charge in [-0.25, -0.2) is 22.3 Å². The fraction of sp³-hybridized carbons (Fsp3) is 0.462. The molecule has 0 aliphatic rings. The molecule has 1 aromatic carbocycles. The molecule has 5 nitrogen and oxygen atoms in total. The normalized spacial score (nSPS) is 11.7. The first-order valence-corrected chi connectivity index (χ1v) is 7.98. The number of carbonyl (C=O) groups is 1. The van der Waals surface area contributed by atoms with Crippen LogP contribution in [0.5, 0.6) is 0 Å². The fourth-order valence-corrected chi connectivity index (χ4v) is 2.37. The first kappa shape index (κ1) is 17.5. The molecule has 1 aromatic rings. The number of halogens is 2. The molecule has 0 fully saturated rings. The van der Waals surface area contributed by atoms with E-state index in [1.54, 1.807) is 0 Å². The summed E-state index contributed by atoms with van der Waals surface area (Å²) >= 11 is 0. The van der Waals surface area contributed by atoms with E-state index in [0.29, 0.717) is 24.5 Å². The maximum atomic E-state index is 14.0. The third-order valence-corrected chi connectivity index (χ3v) is 3.76. The van der Waals surface area contributed by atoms with Crippen LogP contribution in [0.4, 0.5) is 8.78 Å². The first-order valence-electron chi connectivity index (χ1n) is 6.43. The molecule has 0 aliphatic heterocycles. The number of carbonyl (C=O) groups excluding carboxylic acids is 1. The Balaban J connectivity index is 2.94. The van der Waals surface area contributed by atoms with Crippen molar-refractivity contribution in [2.75, 3.05) is 6.54 Å². The summed E-state index contributed by atoms with van der Waals surface area (Å²) in [6.07, 6.45) is 1.50. The van der Waals surface area contributed by atoms with Gasteiger partial charge in [-0.1, -0.05) is 13.8 Å². The van der Waals surface area contributed by atoms with Crippen LogP contribution >= 0.6 is 0 Å². The van der Waals surface area contributed by atoms with E-state index in [4.69, 9.17) is 5.14 Å². The van der Waals surface area contributed by atoms with Crippen LogP contribution in [-0.4, -0.2) is 20.9 Å². The molecule has 0 atom stereocenters. The van der Waals surface area contributed by atoms with Gasteiger partial charge in [0.1, 0.15) is 16.3 Å². The lowest BCUT2D eigenvalue weighted by atomic mass is 10.1. The Morgan fingerprint density at radius 2 is 1.95 bits per heavy atom. The van der Waals surface area contributed by atoms with Gasteiger partial charge in [0, 0.05) is 6.54 Å². The SMILES string of the molecule is CC(C)CCCNC(=O)c1c(F)ccc(S(N)(=O)=O)c1F. The Bertz CT molecular complexity index is 631. The molecule has 0 unspecified atom stereocenters. The highest BCUT2D eigenvalue weighted by atomic mass is 32.2. The van der Waals surface area contributed by atoms with Gasteiger partial charge in [-0.2, -0.15) is 0 Å². The summed E-state index contributed by atoms with van der Waals surface area (Å²) in [5.74, 6) is -3.17. The van der Waals surface area contributed by atoms with E-state index in [1.807, 2.05) is 13.8 Å². The van der Waals surface area contributed by atoms with Gasteiger partial charge >= 0.3 is 0 Å². The molecule has 118 valence electrons. The molecule has 0 saturated carbocycles. The number of benzene rings is 1. The zero-order chi connectivity index (χ0) is 16.2. The van der Waals surface area contributed by atoms with Crippen molar-refractivity contribution >= 4 is 15.9 Å². The minimum atomic E-state index is -4.36. The minimum Gasteiger partial charge on any atom is -0.352 e. The maximum Gasteiger partial charge on any atom is 0.257 e. The molecule has 3 N–H and O–H groups in total. The van der Waals surface area contributed by atoms with Crippen LogP contribution < -0.4 is 10.5 Å². The summed E-state index contributed by atoms with van der Waals surface area (Å²) in [4.78, 5) is 10.9. The van der Waals surface area contributed by atoms with Crippen molar-refractivity contribution in [3.63, 3.8) is 0 Å². The highest BCUT2D eigenvalue weighted by Crippen LogP contribution is 2.20. The predicted octanol–water partition coefficient (Wildman–Crippen LogP) is 1.78. The Morgan fingerprint density at radius 1 is 1.33 bits per heavy atom. The summed E-state index contributed by atoms with van der Waals surface area (Å²) in [5.41, 5.74) is -0.939. The van der Waals surface area contributed by atoms with Gasteiger partial charge in [-0.15, -0.1) is 0 Å². The van der Waals surface area contributed by atoms with Crippen LogP contribution in [-0.2, 0) is 10.0 Å². The first-order chi connectivity index (χ1) is 9.64. The van der Waals surface area contributed by atoms with Gasteiger partial charge < -0.3 is 5.32 Å². The van der Waals surface area contributed by atoms with Crippen molar-refractivity contribution in [1.29, 1.82) is 0 Å². The van der Waals surface area contributed by atoms with Crippen LogP contribution in [0, 0.1) is 17.6 Å². The van der Waals surface area contributed by atoms with Crippen molar-refractivity contribution in [2.45, 2.75) is 31.6 Å². The van der Waals surface area contributed by atoms with Crippen molar-refractivity contribution < 1.29 is 22.0 Å². The molecule has 1 amide bonds. The molecule has 0 spiro atoms. The summed E-state index contributed by atoms with van der Waals surface area (Å²) in [7, 11) is -4.36. The molecule has 0 heterocycles. The summed E-state index contributed by atoms with van der Waals surface area (Å²) in [6.45, 7) is 4.27. The molecule has 1 rings (SSSR count). The zero-order valence-electron chi connectivity index (χ0n) is 11.8. The molecule has 8 heteroatoms. The van der Waals surface area contributed by atoms with E-state index >= 15 is 0 Å². The van der Waals surface area contributed by atoms with Crippen molar-refractivity contribution in [1.82, 2.24) is 5.32 Å². The molecule has 0 aromatic heterocycles. The monoisotopic (exact) mass is 320 g/mol. The van der Waals surface area contributed by atoms with Gasteiger partial charge in [0.05, 0.1) is 0 Å². The second-order valence-corrected chi connectivity index (χ2v) is 6.60. The standard InChI is InChI=1S/C13H18F2N2O3S/c1-8(2)4-3-7-17-13(18)11-9(14)5-6-10(12(11)15)21(16,19)20/h5-6,8H,3-4,7H2,1-2H3,(H,17,18)(H2,16,19,20). The summed E-state index contributed by atoms with van der Waals surface area (Å²) in [5, 5.41) is 7.17. The van der Waals surface area contributed by atoms with E-state index in [9.17, 15) is 22.0 Å². The van der Waals surface area contributed by atoms with E-state index in [-0.39, 0.29) is 6.54 Å². The van der Waals surface area contributed by atoms with Crippen molar-refractivity contribution in [2.24, 2.45) is 11.1 Å². The molecular weight excluding hydrogens is 302 g/mol. The fourth-order valence-electron chi connectivity index (χ4n) is 1.76. The average Bonchev–Trinajstić information content (AvgIpc) is 2.32. The summed E-state index contributed by atoms with van der Waals surface area (Å²) in [6, 6.07) is 1.39. The minimum absolute atomic E-state index is 0.246. The van der Waals surface area contributed by atoms with Gasteiger partial charge in [-0.3, -0.25) is 4.79 Å². The lowest BCUT2D eigenvalue weighted by molar-refractivity contribution is 0.0943. The Kier molecular flexibility index (Phi) is 5.79. The van der Waals surface area contributed by atoms with Crippen LogP contribution in [0.25, 0.3) is 0 Å². The third kappa shape index (κ3) is 4.75. The number of nitrogens with two attached hydrogens (primary N) is 1. The smallest absolute Gasteiger partial charge is 0.257 e. The highest BCUT2D eigenvalue weighted by molar-refractivity contribution is 7.89. The van der Waals surface area contributed by atoms with E-state index in [0.717, 1.165) is 6.42 Å². The van der Waals surface area contributed by atoms with E-state index < -0.39 is 38.0 Å². The number of hydrogen-bond acceptors (Lipinski definition) is 3. The topological polar surface area (TPSA) is 89.3 Å². The Hall–Kier alpha value is -1.54. The van der Waals surface area contributed by atoms with Crippen LogP contribution in [0.2, 0.25) is 0 Å². The Labute approximate surface area is 122 Å². The lowest BCUT2D eigenvalue weighted by Crippen LogP contribution is -2.28. The van der Waals surface area contributed by atoms with Gasteiger partial charge in [-0.05, 0) is 30.9 Å². The number of rotatable bonds is 6. The number of sulfonamides is 1. The molecule has 21 heavy (non-hydrogen) atoms. The predicted molar refractivity (Wildman–Crippen MR) is 74.1 cm³/mol. The van der Waals surface area contributed by atoms with Gasteiger partial charge in [0.2, 0.25) is 10.0 Å². The number of amides is 1. The lowest BCUT2D eigenvalue weighted by Gasteiger charge is -2.10. The molecule has 0 saturated heterocycles. The van der Waals surface area contributed by atoms with E-state index in [1.165, 1.54) is 0 Å². The second kappa shape index (κ2) is 6.95. The zero-order valence-corrected chi connectivity index (χ0v) is 12.6. The Morgan fingerprint density at radius 3 is 2.48 bits per heavy atom.